The van der Waals surface area contributed by atoms with Crippen molar-refractivity contribution in [1.82, 2.24) is 0 Å². The minimum atomic E-state index is -0.794. The third-order valence-electron chi connectivity index (χ3n) is 12.6. The molecular weight excluding hydrogens is 877 g/mol. The summed E-state index contributed by atoms with van der Waals surface area (Å²) in [6.45, 7) is 6.47. The van der Waals surface area contributed by atoms with E-state index in [0.29, 0.717) is 19.3 Å². The lowest BCUT2D eigenvalue weighted by molar-refractivity contribution is -0.167. The number of ether oxygens (including phenoxy) is 3. The van der Waals surface area contributed by atoms with E-state index in [2.05, 4.69) is 118 Å². The van der Waals surface area contributed by atoms with Gasteiger partial charge in [-0.25, -0.2) is 0 Å². The second kappa shape index (κ2) is 58.9. The summed E-state index contributed by atoms with van der Waals surface area (Å²) in [5.41, 5.74) is 0. The number of hydrogen-bond donors (Lipinski definition) is 0. The quantitative estimate of drug-likeness (QED) is 0.0261. The topological polar surface area (TPSA) is 78.9 Å². The summed E-state index contributed by atoms with van der Waals surface area (Å²) in [5.74, 6) is -0.928. The Kier molecular flexibility index (Phi) is 55.9. The summed E-state index contributed by atoms with van der Waals surface area (Å²) in [4.78, 5) is 38.1. The van der Waals surface area contributed by atoms with Gasteiger partial charge in [0.1, 0.15) is 13.2 Å². The molecule has 0 radical (unpaired) electrons. The molecule has 0 bridgehead atoms. The molecule has 0 saturated carbocycles. The Labute approximate surface area is 438 Å². The molecule has 406 valence electrons. The number of hydrogen-bond acceptors (Lipinski definition) is 6. The maximum absolute atomic E-state index is 12.9. The number of esters is 3. The molecule has 0 aliphatic rings. The molecule has 0 aromatic carbocycles. The molecule has 1 atom stereocenters. The van der Waals surface area contributed by atoms with E-state index in [4.69, 9.17) is 14.2 Å². The summed E-state index contributed by atoms with van der Waals surface area (Å²) in [6, 6.07) is 0. The Balaban J connectivity index is 4.38. The van der Waals surface area contributed by atoms with E-state index in [-0.39, 0.29) is 31.1 Å². The molecule has 71 heavy (non-hydrogen) atoms. The number of carbonyl (C=O) groups excluding carboxylic acids is 3. The highest BCUT2D eigenvalue weighted by atomic mass is 16.6. The first-order chi connectivity index (χ1) is 35.0. The van der Waals surface area contributed by atoms with Gasteiger partial charge in [0, 0.05) is 19.3 Å². The Morgan fingerprint density at radius 2 is 0.563 bits per heavy atom. The van der Waals surface area contributed by atoms with Gasteiger partial charge in [-0.2, -0.15) is 0 Å². The van der Waals surface area contributed by atoms with Crippen molar-refractivity contribution in [3.8, 4) is 0 Å². The standard InChI is InChI=1S/C65H110O6/c1-4-7-10-13-16-19-22-24-26-28-29-30-31-32-33-34-35-37-38-40-43-46-49-52-55-58-64(67)70-61-62(60-69-63(66)57-54-51-48-45-42-21-18-15-12-9-6-3)71-65(68)59-56-53-50-47-44-41-39-36-27-25-23-20-17-14-11-8-5-2/h7,10,15-16,18-19,24,26,29-30,32-33,35,37,40,43,62H,4-6,8-9,11-14,17,20-23,25,27-28,31,34,36,38-39,41-42,44-61H2,1-3H3/b10-7-,18-15-,19-16-,26-24-,30-29-,33-32-,37-35-,43-40-. The van der Waals surface area contributed by atoms with Crippen LogP contribution < -0.4 is 0 Å². The van der Waals surface area contributed by atoms with Gasteiger partial charge in [0.25, 0.3) is 0 Å². The molecule has 0 saturated heterocycles. The first kappa shape index (κ1) is 67.3. The van der Waals surface area contributed by atoms with E-state index in [1.165, 1.54) is 122 Å². The van der Waals surface area contributed by atoms with Crippen LogP contribution in [0, 0.1) is 0 Å². The van der Waals surface area contributed by atoms with Gasteiger partial charge in [-0.15, -0.1) is 0 Å². The average Bonchev–Trinajstić information content (AvgIpc) is 3.37. The molecule has 0 aliphatic carbocycles. The van der Waals surface area contributed by atoms with Gasteiger partial charge >= 0.3 is 17.9 Å². The summed E-state index contributed by atoms with van der Waals surface area (Å²) in [5, 5.41) is 0. The molecule has 0 aromatic heterocycles. The van der Waals surface area contributed by atoms with Gasteiger partial charge in [-0.05, 0) is 96.3 Å². The first-order valence-electron chi connectivity index (χ1n) is 29.7. The molecule has 0 N–H and O–H groups in total. The lowest BCUT2D eigenvalue weighted by atomic mass is 10.0. The Bertz CT molecular complexity index is 1410. The first-order valence-corrected chi connectivity index (χ1v) is 29.7. The van der Waals surface area contributed by atoms with Gasteiger partial charge in [0.05, 0.1) is 0 Å². The Morgan fingerprint density at radius 1 is 0.296 bits per heavy atom. The Morgan fingerprint density at radius 3 is 0.930 bits per heavy atom. The van der Waals surface area contributed by atoms with Crippen LogP contribution in [-0.2, 0) is 28.6 Å². The van der Waals surface area contributed by atoms with Crippen LogP contribution in [0.4, 0.5) is 0 Å². The summed E-state index contributed by atoms with van der Waals surface area (Å²) >= 11 is 0. The molecule has 0 heterocycles. The zero-order valence-electron chi connectivity index (χ0n) is 46.5. The van der Waals surface area contributed by atoms with Crippen LogP contribution >= 0.6 is 0 Å². The van der Waals surface area contributed by atoms with Crippen LogP contribution in [0.25, 0.3) is 0 Å². The largest absolute Gasteiger partial charge is 0.462 e. The van der Waals surface area contributed by atoms with E-state index >= 15 is 0 Å². The summed E-state index contributed by atoms with van der Waals surface area (Å²) in [7, 11) is 0. The molecule has 0 fully saturated rings. The minimum Gasteiger partial charge on any atom is -0.462 e. The van der Waals surface area contributed by atoms with Crippen molar-refractivity contribution >= 4 is 17.9 Å². The number of rotatable bonds is 53. The van der Waals surface area contributed by atoms with Crippen LogP contribution in [0.15, 0.2) is 97.2 Å². The SMILES string of the molecule is CC/C=C\C/C=C\C/C=C\C/C=C\C/C=C\C/C=C\C/C=C\CCCCCC(=O)OCC(COC(=O)CCCCCCC/C=C\CCCC)OC(=O)CCCCCCCCCCCCCCCCCCC. The number of carbonyl (C=O) groups is 3. The highest BCUT2D eigenvalue weighted by Gasteiger charge is 2.19. The van der Waals surface area contributed by atoms with Crippen molar-refractivity contribution < 1.29 is 28.6 Å². The summed E-state index contributed by atoms with van der Waals surface area (Å²) in [6.07, 6.45) is 78.3. The second-order valence-corrected chi connectivity index (χ2v) is 19.5. The number of allylic oxidation sites excluding steroid dienone is 16. The van der Waals surface area contributed by atoms with Gasteiger partial charge in [-0.3, -0.25) is 14.4 Å². The molecule has 0 amide bonds. The average molecular weight is 988 g/mol. The molecule has 0 rings (SSSR count). The highest BCUT2D eigenvalue weighted by molar-refractivity contribution is 5.71. The van der Waals surface area contributed by atoms with Crippen LogP contribution in [-0.4, -0.2) is 37.2 Å². The van der Waals surface area contributed by atoms with Crippen LogP contribution in [0.2, 0.25) is 0 Å². The lowest BCUT2D eigenvalue weighted by Crippen LogP contribution is -2.30. The maximum Gasteiger partial charge on any atom is 0.306 e. The van der Waals surface area contributed by atoms with Crippen LogP contribution in [0.5, 0.6) is 0 Å². The molecule has 6 heteroatoms. The number of unbranched alkanes of at least 4 members (excludes halogenated alkanes) is 26. The monoisotopic (exact) mass is 987 g/mol. The van der Waals surface area contributed by atoms with Crippen molar-refractivity contribution in [2.24, 2.45) is 0 Å². The second-order valence-electron chi connectivity index (χ2n) is 19.5. The van der Waals surface area contributed by atoms with E-state index < -0.39 is 6.10 Å². The summed E-state index contributed by atoms with van der Waals surface area (Å²) < 4.78 is 16.8. The molecule has 1 unspecified atom stereocenters. The fourth-order valence-electron chi connectivity index (χ4n) is 8.11. The van der Waals surface area contributed by atoms with Gasteiger partial charge < -0.3 is 14.2 Å². The van der Waals surface area contributed by atoms with E-state index in [1.807, 2.05) is 0 Å². The van der Waals surface area contributed by atoms with Gasteiger partial charge in [0.2, 0.25) is 0 Å². The molecule has 0 spiro atoms. The van der Waals surface area contributed by atoms with Crippen molar-refractivity contribution in [3.05, 3.63) is 97.2 Å². The highest BCUT2D eigenvalue weighted by Crippen LogP contribution is 2.16. The molecular formula is C65H110O6. The van der Waals surface area contributed by atoms with E-state index in [9.17, 15) is 14.4 Å². The third kappa shape index (κ3) is 57.1. The smallest absolute Gasteiger partial charge is 0.306 e. The molecule has 0 aromatic rings. The zero-order valence-corrected chi connectivity index (χ0v) is 46.5. The van der Waals surface area contributed by atoms with Crippen LogP contribution in [0.1, 0.15) is 278 Å². The van der Waals surface area contributed by atoms with Crippen molar-refractivity contribution in [1.29, 1.82) is 0 Å². The normalized spacial score (nSPS) is 12.8. The minimum absolute atomic E-state index is 0.0911. The van der Waals surface area contributed by atoms with Crippen molar-refractivity contribution in [2.75, 3.05) is 13.2 Å². The van der Waals surface area contributed by atoms with Crippen LogP contribution in [0.3, 0.4) is 0 Å². The Hall–Kier alpha value is -3.67. The third-order valence-corrected chi connectivity index (χ3v) is 12.6. The zero-order chi connectivity index (χ0) is 51.4. The van der Waals surface area contributed by atoms with Crippen molar-refractivity contribution in [2.45, 2.75) is 284 Å². The predicted molar refractivity (Wildman–Crippen MR) is 307 cm³/mol. The molecule has 6 nitrogen and oxygen atoms in total. The fourth-order valence-corrected chi connectivity index (χ4v) is 8.11. The van der Waals surface area contributed by atoms with Gasteiger partial charge in [-0.1, -0.05) is 259 Å². The fraction of sp³-hybridized carbons (Fsp3) is 0.708. The van der Waals surface area contributed by atoms with E-state index in [1.54, 1.807) is 0 Å². The van der Waals surface area contributed by atoms with Gasteiger partial charge in [0.15, 0.2) is 6.10 Å². The van der Waals surface area contributed by atoms with Crippen molar-refractivity contribution in [3.63, 3.8) is 0 Å². The van der Waals surface area contributed by atoms with E-state index in [0.717, 1.165) is 116 Å². The lowest BCUT2D eigenvalue weighted by Gasteiger charge is -2.18. The predicted octanol–water partition coefficient (Wildman–Crippen LogP) is 20.1. The molecule has 0 aliphatic heterocycles. The maximum atomic E-state index is 12.9.